The lowest BCUT2D eigenvalue weighted by atomic mass is 10.2. The van der Waals surface area contributed by atoms with Crippen LogP contribution in [0.3, 0.4) is 0 Å². The van der Waals surface area contributed by atoms with Gasteiger partial charge in [-0.1, -0.05) is 34.5 Å². The van der Waals surface area contributed by atoms with Crippen LogP contribution in [0.5, 0.6) is 0 Å². The zero-order valence-corrected chi connectivity index (χ0v) is 12.7. The first-order chi connectivity index (χ1) is 8.27. The maximum Gasteiger partial charge on any atom is 0.252 e. The van der Waals surface area contributed by atoms with Crippen LogP contribution in [0.2, 0.25) is 5.02 Å². The van der Waals surface area contributed by atoms with Gasteiger partial charge in [-0.2, -0.15) is 0 Å². The Hall–Kier alpha value is -0.630. The molecule has 0 saturated heterocycles. The summed E-state index contributed by atoms with van der Waals surface area (Å²) in [5.74, 6) is -0.437. The molecule has 1 rings (SSSR count). The summed E-state index contributed by atoms with van der Waals surface area (Å²) in [6, 6.07) is 2.70. The third-order valence-electron chi connectivity index (χ3n) is 2.09. The molecule has 0 fully saturated rings. The number of primary sulfonamides is 1. The molecule has 0 aliphatic rings. The van der Waals surface area contributed by atoms with Gasteiger partial charge in [0.2, 0.25) is 10.0 Å². The molecule has 0 saturated carbocycles. The Bertz CT molecular complexity index is 575. The van der Waals surface area contributed by atoms with Gasteiger partial charge in [0.05, 0.1) is 10.6 Å². The predicted octanol–water partition coefficient (Wildman–Crippen LogP) is 1.89. The van der Waals surface area contributed by atoms with Gasteiger partial charge < -0.3 is 5.32 Å². The average molecular weight is 356 g/mol. The number of carbonyl (C=O) groups is 1. The lowest BCUT2D eigenvalue weighted by Gasteiger charge is -2.09. The molecule has 0 radical (unpaired) electrons. The van der Waals surface area contributed by atoms with Gasteiger partial charge in [-0.15, -0.1) is 0 Å². The van der Waals surface area contributed by atoms with Gasteiger partial charge in [0.1, 0.15) is 4.90 Å². The Morgan fingerprint density at radius 3 is 2.61 bits per heavy atom. The number of hydrogen-bond donors (Lipinski definition) is 2. The molecule has 0 unspecified atom stereocenters. The minimum Gasteiger partial charge on any atom is -0.352 e. The van der Waals surface area contributed by atoms with Gasteiger partial charge in [0.15, 0.2) is 0 Å². The summed E-state index contributed by atoms with van der Waals surface area (Å²) >= 11 is 9.02. The van der Waals surface area contributed by atoms with Crippen LogP contribution >= 0.6 is 27.5 Å². The quantitative estimate of drug-likeness (QED) is 0.864. The minimum absolute atomic E-state index is 0.0727. The van der Waals surface area contributed by atoms with E-state index in [2.05, 4.69) is 21.2 Å². The van der Waals surface area contributed by atoms with E-state index in [0.717, 1.165) is 6.42 Å². The maximum absolute atomic E-state index is 11.8. The van der Waals surface area contributed by atoms with E-state index in [9.17, 15) is 13.2 Å². The number of nitrogens with two attached hydrogens (primary N) is 1. The van der Waals surface area contributed by atoms with E-state index < -0.39 is 15.9 Å². The zero-order chi connectivity index (χ0) is 13.9. The van der Waals surface area contributed by atoms with E-state index in [0.29, 0.717) is 11.0 Å². The molecule has 0 atom stereocenters. The van der Waals surface area contributed by atoms with Crippen molar-refractivity contribution in [1.29, 1.82) is 0 Å². The summed E-state index contributed by atoms with van der Waals surface area (Å²) in [5.41, 5.74) is 0.0727. The largest absolute Gasteiger partial charge is 0.352 e. The van der Waals surface area contributed by atoms with Crippen LogP contribution in [0.4, 0.5) is 0 Å². The van der Waals surface area contributed by atoms with Gasteiger partial charge in [-0.3, -0.25) is 4.79 Å². The number of benzene rings is 1. The molecule has 0 aromatic heterocycles. The molecule has 3 N–H and O–H groups in total. The van der Waals surface area contributed by atoms with Crippen LogP contribution in [0.1, 0.15) is 23.7 Å². The Kier molecular flexibility index (Phi) is 5.15. The molecule has 100 valence electrons. The Labute approximate surface area is 119 Å². The molecular formula is C10H12BrClN2O3S. The maximum atomic E-state index is 11.8. The third kappa shape index (κ3) is 3.68. The highest BCUT2D eigenvalue weighted by atomic mass is 79.9. The van der Waals surface area contributed by atoms with Gasteiger partial charge in [0, 0.05) is 11.0 Å². The van der Waals surface area contributed by atoms with Crippen molar-refractivity contribution in [3.8, 4) is 0 Å². The highest BCUT2D eigenvalue weighted by Gasteiger charge is 2.20. The van der Waals surface area contributed by atoms with Crippen LogP contribution < -0.4 is 10.5 Å². The minimum atomic E-state index is -3.97. The lowest BCUT2D eigenvalue weighted by Crippen LogP contribution is -2.25. The Morgan fingerprint density at radius 1 is 1.50 bits per heavy atom. The van der Waals surface area contributed by atoms with Crippen molar-refractivity contribution in [2.45, 2.75) is 18.2 Å². The molecule has 5 nitrogen and oxygen atoms in total. The summed E-state index contributed by atoms with van der Waals surface area (Å²) in [7, 11) is -3.97. The zero-order valence-electron chi connectivity index (χ0n) is 9.54. The number of amides is 1. The predicted molar refractivity (Wildman–Crippen MR) is 73.1 cm³/mol. The van der Waals surface area contributed by atoms with E-state index in [4.69, 9.17) is 16.7 Å². The van der Waals surface area contributed by atoms with Crippen LogP contribution in [-0.2, 0) is 10.0 Å². The first-order valence-corrected chi connectivity index (χ1v) is 7.79. The second kappa shape index (κ2) is 6.01. The number of nitrogens with one attached hydrogen (secondary N) is 1. The average Bonchev–Trinajstić information content (AvgIpc) is 2.27. The molecule has 0 heterocycles. The normalized spacial score (nSPS) is 11.3. The van der Waals surface area contributed by atoms with Crippen molar-refractivity contribution in [3.63, 3.8) is 0 Å². The molecular weight excluding hydrogens is 344 g/mol. The monoisotopic (exact) mass is 354 g/mol. The number of sulfonamides is 1. The first kappa shape index (κ1) is 15.4. The second-order valence-corrected chi connectivity index (χ2v) is 6.39. The van der Waals surface area contributed by atoms with Gasteiger partial charge in [-0.25, -0.2) is 13.6 Å². The molecule has 1 aromatic rings. The van der Waals surface area contributed by atoms with Gasteiger partial charge >= 0.3 is 0 Å². The molecule has 0 aliphatic heterocycles. The summed E-state index contributed by atoms with van der Waals surface area (Å²) in [6.07, 6.45) is 0.763. The van der Waals surface area contributed by atoms with E-state index in [-0.39, 0.29) is 15.5 Å². The third-order valence-corrected chi connectivity index (χ3v) is 4.00. The van der Waals surface area contributed by atoms with E-state index in [1.165, 1.54) is 12.1 Å². The van der Waals surface area contributed by atoms with E-state index in [1.807, 2.05) is 6.92 Å². The standard InChI is InChI=1S/C10H12BrClN2O3S/c1-2-3-14-10(15)7-4-6(11)5-8(9(7)12)18(13,16)17/h4-5H,2-3H2,1H3,(H,14,15)(H2,13,16,17). The summed E-state index contributed by atoms with van der Waals surface area (Å²) < 4.78 is 23.1. The van der Waals surface area contributed by atoms with Crippen LogP contribution in [0.15, 0.2) is 21.5 Å². The molecule has 8 heteroatoms. The van der Waals surface area contributed by atoms with Gasteiger partial charge in [0.25, 0.3) is 5.91 Å². The fourth-order valence-corrected chi connectivity index (χ4v) is 3.05. The van der Waals surface area contributed by atoms with Crippen molar-refractivity contribution < 1.29 is 13.2 Å². The fraction of sp³-hybridized carbons (Fsp3) is 0.300. The van der Waals surface area contributed by atoms with Crippen LogP contribution in [-0.4, -0.2) is 20.9 Å². The molecule has 1 amide bonds. The highest BCUT2D eigenvalue weighted by Crippen LogP contribution is 2.28. The first-order valence-electron chi connectivity index (χ1n) is 5.07. The highest BCUT2D eigenvalue weighted by molar-refractivity contribution is 9.10. The van der Waals surface area contributed by atoms with E-state index >= 15 is 0 Å². The molecule has 18 heavy (non-hydrogen) atoms. The summed E-state index contributed by atoms with van der Waals surface area (Å²) in [4.78, 5) is 11.5. The van der Waals surface area contributed by atoms with Crippen molar-refractivity contribution in [1.82, 2.24) is 5.32 Å². The molecule has 1 aromatic carbocycles. The number of hydrogen-bond acceptors (Lipinski definition) is 3. The number of rotatable bonds is 4. The molecule has 0 aliphatic carbocycles. The van der Waals surface area contributed by atoms with Crippen LogP contribution in [0, 0.1) is 0 Å². The SMILES string of the molecule is CCCNC(=O)c1cc(Br)cc(S(N)(=O)=O)c1Cl. The smallest absolute Gasteiger partial charge is 0.252 e. The molecule has 0 bridgehead atoms. The van der Waals surface area contributed by atoms with Crippen molar-refractivity contribution >= 4 is 43.5 Å². The number of halogens is 2. The molecule has 0 spiro atoms. The Balaban J connectivity index is 3.30. The van der Waals surface area contributed by atoms with E-state index in [1.54, 1.807) is 0 Å². The van der Waals surface area contributed by atoms with Crippen molar-refractivity contribution in [2.24, 2.45) is 5.14 Å². The Morgan fingerprint density at radius 2 is 2.11 bits per heavy atom. The van der Waals surface area contributed by atoms with Crippen LogP contribution in [0.25, 0.3) is 0 Å². The lowest BCUT2D eigenvalue weighted by molar-refractivity contribution is 0.0953. The van der Waals surface area contributed by atoms with Crippen molar-refractivity contribution in [2.75, 3.05) is 6.54 Å². The second-order valence-electron chi connectivity index (χ2n) is 3.57. The summed E-state index contributed by atoms with van der Waals surface area (Å²) in [5, 5.41) is 7.47. The van der Waals surface area contributed by atoms with Crippen molar-refractivity contribution in [3.05, 3.63) is 27.2 Å². The number of carbonyl (C=O) groups excluding carboxylic acids is 1. The topological polar surface area (TPSA) is 89.3 Å². The van der Waals surface area contributed by atoms with Gasteiger partial charge in [-0.05, 0) is 18.6 Å². The fourth-order valence-electron chi connectivity index (χ4n) is 1.27. The summed E-state index contributed by atoms with van der Waals surface area (Å²) in [6.45, 7) is 2.38.